The van der Waals surface area contributed by atoms with E-state index in [9.17, 15) is 0 Å². The second-order valence-electron chi connectivity index (χ2n) is 10.7. The van der Waals surface area contributed by atoms with Crippen molar-refractivity contribution < 1.29 is 0 Å². The molecule has 1 N–H and O–H groups in total. The third kappa shape index (κ3) is 3.88. The van der Waals surface area contributed by atoms with Gasteiger partial charge >= 0.3 is 0 Å². The highest BCUT2D eigenvalue weighted by atomic mass is 15.0. The molecular formula is C38H28N2. The molecule has 0 radical (unpaired) electrons. The number of rotatable bonds is 4. The Morgan fingerprint density at radius 2 is 1.32 bits per heavy atom. The number of hydrogen-bond donors (Lipinski definition) is 1. The number of anilines is 2. The van der Waals surface area contributed by atoms with Crippen LogP contribution in [0.5, 0.6) is 0 Å². The number of aryl methyl sites for hydroxylation is 1. The summed E-state index contributed by atoms with van der Waals surface area (Å²) in [7, 11) is 0. The van der Waals surface area contributed by atoms with Gasteiger partial charge in [-0.3, -0.25) is 0 Å². The molecule has 0 saturated carbocycles. The Balaban J connectivity index is 1.14. The molecule has 0 unspecified atom stereocenters. The van der Waals surface area contributed by atoms with Crippen molar-refractivity contribution in [1.29, 1.82) is 0 Å². The van der Waals surface area contributed by atoms with E-state index in [1.807, 2.05) is 0 Å². The van der Waals surface area contributed by atoms with Crippen LogP contribution in [0, 0.1) is 0 Å². The number of para-hydroxylation sites is 1. The number of benzene rings is 6. The minimum Gasteiger partial charge on any atom is -0.356 e. The summed E-state index contributed by atoms with van der Waals surface area (Å²) in [5.74, 6) is 0. The molecule has 0 aliphatic heterocycles. The van der Waals surface area contributed by atoms with Gasteiger partial charge in [0.2, 0.25) is 0 Å². The van der Waals surface area contributed by atoms with Crippen molar-refractivity contribution in [2.45, 2.75) is 12.8 Å². The first-order valence-corrected chi connectivity index (χ1v) is 14.0. The monoisotopic (exact) mass is 512 g/mol. The largest absolute Gasteiger partial charge is 0.356 e. The van der Waals surface area contributed by atoms with Crippen molar-refractivity contribution in [2.75, 3.05) is 5.32 Å². The van der Waals surface area contributed by atoms with E-state index in [4.69, 9.17) is 0 Å². The van der Waals surface area contributed by atoms with Crippen LogP contribution in [0.25, 0.3) is 55.5 Å². The summed E-state index contributed by atoms with van der Waals surface area (Å²) < 4.78 is 2.38. The van der Waals surface area contributed by atoms with Crippen molar-refractivity contribution in [3.63, 3.8) is 0 Å². The third-order valence-corrected chi connectivity index (χ3v) is 8.19. The van der Waals surface area contributed by atoms with Gasteiger partial charge in [0.25, 0.3) is 0 Å². The average Bonchev–Trinajstić information content (AvgIpc) is 3.35. The van der Waals surface area contributed by atoms with E-state index in [2.05, 4.69) is 149 Å². The van der Waals surface area contributed by atoms with Crippen LogP contribution in [0.4, 0.5) is 11.4 Å². The molecule has 1 aromatic heterocycles. The van der Waals surface area contributed by atoms with Gasteiger partial charge < -0.3 is 9.88 Å². The lowest BCUT2D eigenvalue weighted by Crippen LogP contribution is -1.95. The number of allylic oxidation sites excluding steroid dienone is 1. The van der Waals surface area contributed by atoms with E-state index in [1.165, 1.54) is 60.5 Å². The zero-order chi connectivity index (χ0) is 26.5. The Bertz CT molecular complexity index is 2080. The molecule has 8 rings (SSSR count). The average molecular weight is 513 g/mol. The number of hydrogen-bond acceptors (Lipinski definition) is 1. The third-order valence-electron chi connectivity index (χ3n) is 8.19. The first kappa shape index (κ1) is 22.9. The molecule has 40 heavy (non-hydrogen) atoms. The Morgan fingerprint density at radius 3 is 2.25 bits per heavy atom. The van der Waals surface area contributed by atoms with Crippen LogP contribution in [0.15, 0.2) is 133 Å². The molecule has 1 aliphatic rings. The lowest BCUT2D eigenvalue weighted by molar-refractivity contribution is 0.986. The molecule has 0 fully saturated rings. The predicted molar refractivity (Wildman–Crippen MR) is 171 cm³/mol. The fourth-order valence-electron chi connectivity index (χ4n) is 6.17. The fourth-order valence-corrected chi connectivity index (χ4v) is 6.17. The Labute approximate surface area is 233 Å². The van der Waals surface area contributed by atoms with Crippen LogP contribution in [0.2, 0.25) is 0 Å². The second-order valence-corrected chi connectivity index (χ2v) is 10.7. The molecule has 2 heteroatoms. The van der Waals surface area contributed by atoms with Crippen LogP contribution in [0.1, 0.15) is 17.5 Å². The van der Waals surface area contributed by atoms with Gasteiger partial charge in [-0.15, -0.1) is 0 Å². The summed E-state index contributed by atoms with van der Waals surface area (Å²) in [6, 6.07) is 46.3. The van der Waals surface area contributed by atoms with Gasteiger partial charge in [-0.25, -0.2) is 0 Å². The van der Waals surface area contributed by atoms with Crippen molar-refractivity contribution in [1.82, 2.24) is 4.57 Å². The smallest absolute Gasteiger partial charge is 0.0542 e. The van der Waals surface area contributed by atoms with Crippen LogP contribution < -0.4 is 5.32 Å². The highest BCUT2D eigenvalue weighted by molar-refractivity contribution is 6.10. The first-order valence-electron chi connectivity index (χ1n) is 14.0. The number of nitrogens with zero attached hydrogens (tertiary/aromatic N) is 1. The summed E-state index contributed by atoms with van der Waals surface area (Å²) >= 11 is 0. The zero-order valence-corrected chi connectivity index (χ0v) is 22.1. The maximum Gasteiger partial charge on any atom is 0.0542 e. The molecule has 190 valence electrons. The van der Waals surface area contributed by atoms with E-state index in [-0.39, 0.29) is 0 Å². The molecule has 6 aromatic carbocycles. The second kappa shape index (κ2) is 9.29. The summed E-state index contributed by atoms with van der Waals surface area (Å²) in [4.78, 5) is 0. The van der Waals surface area contributed by atoms with Gasteiger partial charge in [-0.05, 0) is 94.4 Å². The van der Waals surface area contributed by atoms with Gasteiger partial charge in [-0.2, -0.15) is 0 Å². The standard InChI is InChI=1S/C38H28N2/c1-3-9-29-23-31(14-13-26(29)7-1)28-15-18-32(19-16-28)39-33-20-22-38-36(25-33)35-11-5-6-12-37(35)40(38)34-21-17-27-8-2-4-10-30(27)24-34/h1-2,4-8,10-25,39H,3,9H2. The Kier molecular flexibility index (Phi) is 5.31. The summed E-state index contributed by atoms with van der Waals surface area (Å²) in [6.07, 6.45) is 6.76. The van der Waals surface area contributed by atoms with Crippen LogP contribution in [-0.2, 0) is 6.42 Å². The molecule has 0 atom stereocenters. The fraction of sp³-hybridized carbons (Fsp3) is 0.0526. The van der Waals surface area contributed by atoms with E-state index in [0.717, 1.165) is 24.2 Å². The van der Waals surface area contributed by atoms with Crippen molar-refractivity contribution in [3.05, 3.63) is 145 Å². The minimum atomic E-state index is 1.09. The molecule has 0 amide bonds. The van der Waals surface area contributed by atoms with E-state index >= 15 is 0 Å². The van der Waals surface area contributed by atoms with Crippen LogP contribution in [0.3, 0.4) is 0 Å². The van der Waals surface area contributed by atoms with Gasteiger partial charge in [-0.1, -0.05) is 91.0 Å². The van der Waals surface area contributed by atoms with Gasteiger partial charge in [0.1, 0.15) is 0 Å². The molecule has 0 bridgehead atoms. The van der Waals surface area contributed by atoms with Gasteiger partial charge in [0, 0.05) is 27.8 Å². The SMILES string of the molecule is C1=Cc2ccc(-c3ccc(Nc4ccc5c(c4)c4ccccc4n5-c4ccc5ccccc5c4)cc3)cc2CC1. The quantitative estimate of drug-likeness (QED) is 0.248. The van der Waals surface area contributed by atoms with Gasteiger partial charge in [0.05, 0.1) is 11.0 Å². The number of aromatic nitrogens is 1. The van der Waals surface area contributed by atoms with E-state index < -0.39 is 0 Å². The lowest BCUT2D eigenvalue weighted by Gasteiger charge is -2.13. The van der Waals surface area contributed by atoms with E-state index in [0.29, 0.717) is 0 Å². The zero-order valence-electron chi connectivity index (χ0n) is 22.1. The molecule has 1 heterocycles. The topological polar surface area (TPSA) is 17.0 Å². The molecule has 7 aromatic rings. The summed E-state index contributed by atoms with van der Waals surface area (Å²) in [6.45, 7) is 0. The van der Waals surface area contributed by atoms with Gasteiger partial charge in [0.15, 0.2) is 0 Å². The van der Waals surface area contributed by atoms with Crippen LogP contribution in [-0.4, -0.2) is 4.57 Å². The van der Waals surface area contributed by atoms with E-state index in [1.54, 1.807) is 0 Å². The lowest BCUT2D eigenvalue weighted by atomic mass is 9.93. The highest BCUT2D eigenvalue weighted by Gasteiger charge is 2.13. The maximum atomic E-state index is 3.64. The van der Waals surface area contributed by atoms with Crippen LogP contribution >= 0.6 is 0 Å². The van der Waals surface area contributed by atoms with Crippen molar-refractivity contribution >= 4 is 50.0 Å². The molecule has 0 saturated heterocycles. The molecule has 0 spiro atoms. The van der Waals surface area contributed by atoms with Crippen molar-refractivity contribution in [2.24, 2.45) is 0 Å². The Hall–Kier alpha value is -5.08. The highest BCUT2D eigenvalue weighted by Crippen LogP contribution is 2.35. The number of fused-ring (bicyclic) bond motifs is 5. The summed E-state index contributed by atoms with van der Waals surface area (Å²) in [5.41, 5.74) is 11.1. The Morgan fingerprint density at radius 1 is 0.550 bits per heavy atom. The molecular weight excluding hydrogens is 484 g/mol. The predicted octanol–water partition coefficient (Wildman–Crippen LogP) is 10.3. The molecule has 2 nitrogen and oxygen atoms in total. The summed E-state index contributed by atoms with van der Waals surface area (Å²) in [5, 5.41) is 8.65. The minimum absolute atomic E-state index is 1.09. The van der Waals surface area contributed by atoms with Crippen molar-refractivity contribution in [3.8, 4) is 16.8 Å². The number of nitrogens with one attached hydrogen (secondary N) is 1. The first-order chi connectivity index (χ1) is 19.8. The molecule has 1 aliphatic carbocycles. The normalized spacial score (nSPS) is 12.7. The maximum absolute atomic E-state index is 3.64.